The van der Waals surface area contributed by atoms with E-state index >= 15 is 0 Å². The molecule has 2 unspecified atom stereocenters. The summed E-state index contributed by atoms with van der Waals surface area (Å²) in [6.45, 7) is 8.97. The minimum atomic E-state index is -1.77. The third-order valence-electron chi connectivity index (χ3n) is 8.00. The fourth-order valence-corrected chi connectivity index (χ4v) is 4.89. The molecule has 0 aromatic heterocycles. The number of esters is 1. The van der Waals surface area contributed by atoms with Crippen molar-refractivity contribution >= 4 is 12.0 Å². The SMILES string of the molecule is C=CC(C)(CCC(O)C(C)(C)O)O[C@@H]1O[C@H](CO)[C@@H](OC(=O)/C=C/c2ccc(O)cc2)[C@H](O[C@@H]2O[C@@H](C)[C@H](O)[C@@H](O)[C@H]2O)[C@H]1O. The van der Waals surface area contributed by atoms with Crippen molar-refractivity contribution in [1.82, 2.24) is 0 Å². The lowest BCUT2D eigenvalue weighted by Crippen LogP contribution is -2.65. The highest BCUT2D eigenvalue weighted by atomic mass is 16.7. The second-order valence-corrected chi connectivity index (χ2v) is 12.2. The molecule has 45 heavy (non-hydrogen) atoms. The van der Waals surface area contributed by atoms with E-state index in [0.717, 1.165) is 6.08 Å². The van der Waals surface area contributed by atoms with Gasteiger partial charge in [0.2, 0.25) is 0 Å². The van der Waals surface area contributed by atoms with Gasteiger partial charge in [0.05, 0.1) is 30.0 Å². The van der Waals surface area contributed by atoms with E-state index in [1.807, 2.05) is 0 Å². The Balaban J connectivity index is 1.87. The number of carbonyl (C=O) groups excluding carboxylic acids is 1. The van der Waals surface area contributed by atoms with Gasteiger partial charge in [0.15, 0.2) is 18.7 Å². The van der Waals surface area contributed by atoms with Gasteiger partial charge in [-0.15, -0.1) is 6.58 Å². The van der Waals surface area contributed by atoms with Crippen molar-refractivity contribution in [3.05, 3.63) is 48.6 Å². The first kappa shape index (κ1) is 37.0. The Kier molecular flexibility index (Phi) is 12.7. The third-order valence-corrected chi connectivity index (χ3v) is 8.00. The number of aromatic hydroxyl groups is 1. The van der Waals surface area contributed by atoms with Crippen molar-refractivity contribution in [2.45, 2.75) is 119 Å². The van der Waals surface area contributed by atoms with Crippen LogP contribution in [-0.4, -0.2) is 132 Å². The third kappa shape index (κ3) is 9.53. The molecule has 2 saturated heterocycles. The lowest BCUT2D eigenvalue weighted by atomic mass is 9.91. The van der Waals surface area contributed by atoms with Gasteiger partial charge >= 0.3 is 5.97 Å². The van der Waals surface area contributed by atoms with Crippen LogP contribution in [0.1, 0.15) is 46.1 Å². The molecule has 254 valence electrons. The van der Waals surface area contributed by atoms with Crippen molar-refractivity contribution in [2.24, 2.45) is 0 Å². The zero-order valence-electron chi connectivity index (χ0n) is 25.7. The van der Waals surface area contributed by atoms with Gasteiger partial charge < -0.3 is 64.5 Å². The van der Waals surface area contributed by atoms with Gasteiger partial charge in [-0.05, 0) is 64.3 Å². The molecule has 8 N–H and O–H groups in total. The topological polar surface area (TPSA) is 225 Å². The molecular formula is C31H46O14. The number of aliphatic hydroxyl groups excluding tert-OH is 6. The van der Waals surface area contributed by atoms with E-state index in [2.05, 4.69) is 6.58 Å². The fourth-order valence-electron chi connectivity index (χ4n) is 4.89. The first-order valence-electron chi connectivity index (χ1n) is 14.7. The number of phenolic OH excluding ortho intramolecular Hbond substituents is 1. The average molecular weight is 643 g/mol. The first-order valence-corrected chi connectivity index (χ1v) is 14.7. The number of phenols is 1. The van der Waals surface area contributed by atoms with Crippen molar-refractivity contribution < 1.29 is 69.3 Å². The molecule has 0 aliphatic carbocycles. The highest BCUT2D eigenvalue weighted by Gasteiger charge is 2.53. The maximum absolute atomic E-state index is 12.9. The molecule has 1 aromatic carbocycles. The minimum absolute atomic E-state index is 0.0330. The lowest BCUT2D eigenvalue weighted by Gasteiger charge is -2.47. The van der Waals surface area contributed by atoms with Crippen LogP contribution in [0, 0.1) is 0 Å². The fraction of sp³-hybridized carbons (Fsp3) is 0.645. The van der Waals surface area contributed by atoms with Gasteiger partial charge in [0.1, 0.15) is 42.4 Å². The molecule has 1 aromatic rings. The molecule has 14 nitrogen and oxygen atoms in total. The Hall–Kier alpha value is -2.47. The van der Waals surface area contributed by atoms with Crippen LogP contribution in [0.3, 0.4) is 0 Å². The van der Waals surface area contributed by atoms with Crippen LogP contribution < -0.4 is 0 Å². The van der Waals surface area contributed by atoms with Crippen LogP contribution in [0.4, 0.5) is 0 Å². The van der Waals surface area contributed by atoms with Crippen LogP contribution in [0.5, 0.6) is 5.75 Å². The molecular weight excluding hydrogens is 596 g/mol. The Morgan fingerprint density at radius 2 is 1.64 bits per heavy atom. The van der Waals surface area contributed by atoms with E-state index in [1.165, 1.54) is 45.1 Å². The summed E-state index contributed by atoms with van der Waals surface area (Å²) < 4.78 is 28.9. The van der Waals surface area contributed by atoms with Crippen LogP contribution in [0.25, 0.3) is 6.08 Å². The van der Waals surface area contributed by atoms with Crippen LogP contribution >= 0.6 is 0 Å². The van der Waals surface area contributed by atoms with Gasteiger partial charge in [-0.1, -0.05) is 18.2 Å². The van der Waals surface area contributed by atoms with Gasteiger partial charge in [0.25, 0.3) is 0 Å². The van der Waals surface area contributed by atoms with Crippen LogP contribution in [-0.2, 0) is 28.5 Å². The van der Waals surface area contributed by atoms with Gasteiger partial charge in [-0.2, -0.15) is 0 Å². The van der Waals surface area contributed by atoms with Crippen molar-refractivity contribution in [2.75, 3.05) is 6.61 Å². The van der Waals surface area contributed by atoms with Crippen LogP contribution in [0.2, 0.25) is 0 Å². The molecule has 2 aliphatic rings. The second-order valence-electron chi connectivity index (χ2n) is 12.2. The van der Waals surface area contributed by atoms with Crippen molar-refractivity contribution in [3.8, 4) is 5.75 Å². The van der Waals surface area contributed by atoms with Gasteiger partial charge in [0, 0.05) is 6.08 Å². The predicted molar refractivity (Wildman–Crippen MR) is 157 cm³/mol. The monoisotopic (exact) mass is 642 g/mol. The summed E-state index contributed by atoms with van der Waals surface area (Å²) in [7, 11) is 0. The Morgan fingerprint density at radius 1 is 1.00 bits per heavy atom. The summed E-state index contributed by atoms with van der Waals surface area (Å²) in [5, 5.41) is 82.6. The molecule has 2 fully saturated rings. The summed E-state index contributed by atoms with van der Waals surface area (Å²) in [5.74, 6) is -0.883. The molecule has 12 atom stereocenters. The zero-order chi connectivity index (χ0) is 33.7. The summed E-state index contributed by atoms with van der Waals surface area (Å²) in [6, 6.07) is 5.95. The molecule has 0 amide bonds. The summed E-state index contributed by atoms with van der Waals surface area (Å²) in [5.41, 5.74) is -2.08. The van der Waals surface area contributed by atoms with Crippen LogP contribution in [0.15, 0.2) is 43.0 Å². The van der Waals surface area contributed by atoms with Gasteiger partial charge in [-0.25, -0.2) is 4.79 Å². The van der Waals surface area contributed by atoms with E-state index in [4.69, 9.17) is 23.7 Å². The Labute approximate surface area is 261 Å². The van der Waals surface area contributed by atoms with E-state index < -0.39 is 91.3 Å². The number of ether oxygens (including phenoxy) is 5. The summed E-state index contributed by atoms with van der Waals surface area (Å²) in [4.78, 5) is 12.9. The highest BCUT2D eigenvalue weighted by molar-refractivity contribution is 5.87. The van der Waals surface area contributed by atoms with Crippen molar-refractivity contribution in [3.63, 3.8) is 0 Å². The zero-order valence-corrected chi connectivity index (χ0v) is 25.7. The number of carbonyl (C=O) groups is 1. The molecule has 3 rings (SSSR count). The highest BCUT2D eigenvalue weighted by Crippen LogP contribution is 2.34. The predicted octanol–water partition coefficient (Wildman–Crippen LogP) is -0.519. The molecule has 0 bridgehead atoms. The number of aliphatic hydroxyl groups is 7. The molecule has 0 radical (unpaired) electrons. The van der Waals surface area contributed by atoms with Crippen molar-refractivity contribution in [1.29, 1.82) is 0 Å². The second kappa shape index (κ2) is 15.4. The van der Waals surface area contributed by atoms with E-state index in [1.54, 1.807) is 19.1 Å². The van der Waals surface area contributed by atoms with E-state index in [0.29, 0.717) is 5.56 Å². The quantitative estimate of drug-likeness (QED) is 0.0770. The molecule has 2 heterocycles. The standard InChI is InChI=1S/C31H46O14/c1-6-31(5,14-13-20(34)30(3,4)40)45-29-25(39)27(44-28-24(38)23(37)22(36)16(2)41-28)26(19(15-32)42-29)43-21(35)12-9-17-7-10-18(33)11-8-17/h6-12,16,19-20,22-29,32-34,36-40H,1,13-15H2,2-5H3/b12-9+/t16-,19+,20?,22-,23+,24+,25+,26+,27+,28-,29-,31?/m0/s1. The number of hydrogen-bond donors (Lipinski definition) is 8. The summed E-state index contributed by atoms with van der Waals surface area (Å²) in [6.07, 6.45) is -12.2. The maximum atomic E-state index is 12.9. The Morgan fingerprint density at radius 3 is 2.22 bits per heavy atom. The molecule has 14 heteroatoms. The van der Waals surface area contributed by atoms with E-state index in [9.17, 15) is 45.6 Å². The maximum Gasteiger partial charge on any atom is 0.331 e. The number of hydrogen-bond acceptors (Lipinski definition) is 14. The van der Waals surface area contributed by atoms with Gasteiger partial charge in [-0.3, -0.25) is 0 Å². The largest absolute Gasteiger partial charge is 0.508 e. The minimum Gasteiger partial charge on any atom is -0.508 e. The number of benzene rings is 1. The number of rotatable bonds is 13. The smallest absolute Gasteiger partial charge is 0.331 e. The molecule has 0 spiro atoms. The molecule has 2 aliphatic heterocycles. The molecule has 0 saturated carbocycles. The normalized spacial score (nSPS) is 34.6. The first-order chi connectivity index (χ1) is 21.0. The lowest BCUT2D eigenvalue weighted by molar-refractivity contribution is -0.364. The average Bonchev–Trinajstić information content (AvgIpc) is 2.99. The summed E-state index contributed by atoms with van der Waals surface area (Å²) >= 11 is 0. The van der Waals surface area contributed by atoms with E-state index in [-0.39, 0.29) is 18.6 Å². The Bertz CT molecular complexity index is 1140.